The molecule has 0 saturated carbocycles. The molecule has 11 fully saturated rings. The number of ether oxygens (including phenoxy) is 26. The lowest BCUT2D eigenvalue weighted by atomic mass is 9.85. The van der Waals surface area contributed by atoms with Gasteiger partial charge in [0, 0.05) is 55.4 Å². The SMILES string of the molecule is [3H]COC[C@H]1O[C@@H](O[C@@H]2OC[C@@H]3OC4(OC[C@@H](OC(=O)c5c(C)cc(O)cc5O)C5OC([3H])OC54)O[C@H]3[C@H]2O)[C@@H](OC)[C@@H](O)[C@@H]1O[C@@H]1O[C@H](C)[C@H](OC[3H])[C@H](O[C@@H]2O[C@H](C)[C@H]3OC4(C[C@@H](O)[C@H](O[C@H]5C[C@@H](O[C@H]6C[C@](C[3H])([N+](=O)[O-])[C@@H](OC[3H])[C@H](C)O6)[C@H](OC(=O)c6c(C)c(Cl)c(O)c(Cl)c6OC[3H])[C@@H](C)O5)[C@@H](C)O4)O[C@]3(C[3H])[C@@H]2O)[C@H]1O. The lowest BCUT2D eigenvalue weighted by molar-refractivity contribution is -0.595. The number of hydrogen-bond donors (Lipinski definition) is 8. The van der Waals surface area contributed by atoms with Gasteiger partial charge >= 0.3 is 17.9 Å². The quantitative estimate of drug-likeness (QED) is 0.0495. The number of nitrogens with zero attached hydrogens (tertiary/aromatic N) is 1. The van der Waals surface area contributed by atoms with Gasteiger partial charge in [-0.15, -0.1) is 0 Å². The first kappa shape index (κ1) is 75.2. The van der Waals surface area contributed by atoms with Crippen molar-refractivity contribution in [2.24, 2.45) is 0 Å². The van der Waals surface area contributed by atoms with Crippen LogP contribution in [-0.2, 0) is 118 Å². The van der Waals surface area contributed by atoms with Crippen molar-refractivity contribution in [3.8, 4) is 23.0 Å². The molecular weight excluding hydrogens is 1530 g/mol. The minimum absolute atomic E-state index is 0.0565. The smallest absolute Gasteiger partial charge is 0.342 e. The van der Waals surface area contributed by atoms with Gasteiger partial charge in [-0.2, -0.15) is 0 Å². The molecule has 11 aliphatic rings. The molecule has 11 aliphatic heterocycles. The van der Waals surface area contributed by atoms with E-state index in [-0.39, 0.29) is 46.1 Å². The number of aliphatic hydroxyl groups excluding tert-OH is 5. The summed E-state index contributed by atoms with van der Waals surface area (Å²) in [6, 6.07) is 2.19. The highest BCUT2D eigenvalue weighted by Gasteiger charge is 2.70. The van der Waals surface area contributed by atoms with E-state index in [1.165, 1.54) is 61.6 Å². The average molecular weight is 1650 g/mol. The molecule has 2 spiro atoms. The number of carbonyl (C=O) groups excluding carboxylic acids is 2. The Kier molecular flexibility index (Phi) is 22.4. The van der Waals surface area contributed by atoms with Crippen LogP contribution in [0.5, 0.6) is 23.0 Å². The van der Waals surface area contributed by atoms with Crippen molar-refractivity contribution in [2.45, 2.75) is 295 Å². The summed E-state index contributed by atoms with van der Waals surface area (Å²) in [6.45, 7) is 5.58. The number of nitro groups is 1. The number of methoxy groups -OCH3 is 5. The van der Waals surface area contributed by atoms with Crippen LogP contribution in [0.3, 0.4) is 0 Å². The van der Waals surface area contributed by atoms with Crippen molar-refractivity contribution >= 4 is 35.1 Å². The Morgan fingerprint density at radius 3 is 2.11 bits per heavy atom. The van der Waals surface area contributed by atoms with Crippen LogP contribution in [0.4, 0.5) is 0 Å². The van der Waals surface area contributed by atoms with E-state index >= 15 is 0 Å². The summed E-state index contributed by atoms with van der Waals surface area (Å²) in [4.78, 5) is 40.0. The molecule has 0 bridgehead atoms. The standard InChI is InChI=1S/C70H97Cl2NO38/c1-24-15-31(74)16-32(75)40(24)61(82)100-36-22-94-70(60-53(36)92-23-93-60)108-37-21-91-63(46(79)52(37)109-70)106-65-56(89-13)45(78)51(35(101-65)20-86-10)104-64-47(80)55(50(87-11)27(4)97-64)105-66-57(81)68(9)59(30(7)98-66)110-69(111-68)18-33(76)48(28(5)107-69)102-38-17-34(99-39-19-67(8,73(84)85)58(90-14)29(6)96-39)49(26(3)95-38)103-62(83)41-25(2)42(71)44(77)43(72)54(41)88-12/h15-16,26-30,33-39,45-53,55-60,63-66,74-81H,17-23H2,1-14H3/t26-,27-,28-,29+,30-,33-,34-,35-,36-,37+,38+,39+,45+,46-,47-,48-,49-,50+,51-,52-,53?,55-,56+,57-,58+,59-,60?,63+,64+,65+,66+,67+,68-,69?,70?/m1/s1/i8T,9T,10T,11T,12T,14T,23T/t23?,26-,27-,28-,29+,30-,33-,34-,35-,36-,37+,38+,39+,45+,46-,47-,48-,49-,50+,51-,52-,53?,55-,56+,57-,58+,59-,60?,63+,64+,65+,66+,67+,68-,69?,70?. The fourth-order valence-electron chi connectivity index (χ4n) is 16.3. The van der Waals surface area contributed by atoms with Crippen molar-refractivity contribution < 1.29 is 188 Å². The third kappa shape index (κ3) is 15.5. The molecule has 5 unspecified atom stereocenters. The van der Waals surface area contributed by atoms with Crippen LogP contribution in [0, 0.1) is 24.0 Å². The van der Waals surface area contributed by atoms with Gasteiger partial charge in [0.1, 0.15) is 132 Å². The monoisotopic (exact) mass is 1640 g/mol. The third-order valence-electron chi connectivity index (χ3n) is 21.7. The summed E-state index contributed by atoms with van der Waals surface area (Å²) < 4.78 is 215. The van der Waals surface area contributed by atoms with Crippen LogP contribution in [0.25, 0.3) is 0 Å². The Bertz CT molecular complexity index is 3820. The number of carbonyl (C=O) groups is 2. The molecule has 13 rings (SSSR count). The van der Waals surface area contributed by atoms with Gasteiger partial charge in [0.15, 0.2) is 73.7 Å². The molecule has 0 amide bonds. The fraction of sp³-hybridized carbons (Fsp3) is 0.800. The van der Waals surface area contributed by atoms with Crippen molar-refractivity contribution in [3.63, 3.8) is 0 Å². The first-order valence-corrected chi connectivity index (χ1v) is 36.2. The Balaban J connectivity index is 0.667. The largest absolute Gasteiger partial charge is 0.508 e. The molecule has 0 aliphatic carbocycles. The molecule has 8 N–H and O–H groups in total. The van der Waals surface area contributed by atoms with Gasteiger partial charge in [0.2, 0.25) is 0 Å². The number of aromatic hydroxyl groups is 3. The second-order valence-electron chi connectivity index (χ2n) is 29.0. The van der Waals surface area contributed by atoms with Crippen molar-refractivity contribution in [2.75, 3.05) is 62.0 Å². The van der Waals surface area contributed by atoms with E-state index in [9.17, 15) is 60.6 Å². The van der Waals surface area contributed by atoms with Crippen LogP contribution in [-0.4, -0.2) is 333 Å². The van der Waals surface area contributed by atoms with E-state index in [1.807, 2.05) is 0 Å². The normalized spacial score (nSPS) is 47.1. The van der Waals surface area contributed by atoms with Crippen LogP contribution in [0.15, 0.2) is 12.1 Å². The summed E-state index contributed by atoms with van der Waals surface area (Å²) in [5, 5.41) is 105. The maximum atomic E-state index is 14.4. The van der Waals surface area contributed by atoms with Gasteiger partial charge < -0.3 is 164 Å². The molecule has 39 nitrogen and oxygen atoms in total. The second kappa shape index (κ2) is 33.1. The van der Waals surface area contributed by atoms with Gasteiger partial charge in [-0.3, -0.25) is 10.1 Å². The highest BCUT2D eigenvalue weighted by Crippen LogP contribution is 2.53. The minimum atomic E-state index is -2.27. The Morgan fingerprint density at radius 2 is 1.40 bits per heavy atom. The highest BCUT2D eigenvalue weighted by atomic mass is 35.5. The number of aliphatic hydroxyl groups is 5. The molecule has 0 aromatic heterocycles. The van der Waals surface area contributed by atoms with Gasteiger partial charge in [-0.1, -0.05) is 23.2 Å². The number of fused-ring (bicyclic) bond motifs is 4. The molecule has 0 radical (unpaired) electrons. The minimum Gasteiger partial charge on any atom is -0.508 e. The van der Waals surface area contributed by atoms with Crippen molar-refractivity contribution in [3.05, 3.63) is 54.5 Å². The number of rotatable bonds is 21. The Morgan fingerprint density at radius 1 is 0.649 bits per heavy atom. The predicted molar refractivity (Wildman–Crippen MR) is 363 cm³/mol. The highest BCUT2D eigenvalue weighted by molar-refractivity contribution is 6.39. The van der Waals surface area contributed by atoms with Gasteiger partial charge in [-0.25, -0.2) is 9.59 Å². The number of aryl methyl sites for hydroxylation is 1. The van der Waals surface area contributed by atoms with Gasteiger partial charge in [0.25, 0.3) is 11.5 Å². The first-order chi connectivity index (χ1) is 56.1. The Labute approximate surface area is 655 Å². The molecular formula is C70H97Cl2NO38. The van der Waals surface area contributed by atoms with Crippen LogP contribution < -0.4 is 4.74 Å². The van der Waals surface area contributed by atoms with E-state index in [0.29, 0.717) is 0 Å². The number of hydrogen-bond acceptors (Lipinski definition) is 38. The summed E-state index contributed by atoms with van der Waals surface area (Å²) in [6.07, 6.45) is -47.4. The summed E-state index contributed by atoms with van der Waals surface area (Å²) in [5.74, 6) is -8.58. The number of halogens is 2. The van der Waals surface area contributed by atoms with Crippen molar-refractivity contribution in [1.82, 2.24) is 0 Å². The van der Waals surface area contributed by atoms with Crippen molar-refractivity contribution in [1.29, 1.82) is 0 Å². The molecule has 11 heterocycles. The van der Waals surface area contributed by atoms with Crippen LogP contribution in [0.2, 0.25) is 10.0 Å². The third-order valence-corrected chi connectivity index (χ3v) is 22.6. The Hall–Kier alpha value is -4.56. The maximum absolute atomic E-state index is 14.4. The maximum Gasteiger partial charge on any atom is 0.342 e. The van der Waals surface area contributed by atoms with E-state index in [0.717, 1.165) is 6.07 Å². The topological polar surface area (TPSA) is 479 Å². The molecule has 624 valence electrons. The zero-order valence-electron chi connectivity index (χ0n) is 68.1. The summed E-state index contributed by atoms with van der Waals surface area (Å²) >= 11 is 12.8. The summed E-state index contributed by atoms with van der Waals surface area (Å²) in [5.41, 5.74) is -4.80. The lowest BCUT2D eigenvalue weighted by Gasteiger charge is -2.50. The zero-order valence-corrected chi connectivity index (χ0v) is 62.7. The first-order valence-electron chi connectivity index (χ1n) is 40.3. The van der Waals surface area contributed by atoms with E-state index in [2.05, 4.69) is 0 Å². The molecule has 36 atom stereocenters. The van der Waals surface area contributed by atoms with E-state index in [4.69, 9.17) is 156 Å². The van der Waals surface area contributed by atoms with E-state index < -0.39 is 328 Å². The second-order valence-corrected chi connectivity index (χ2v) is 29.8. The number of esters is 2. The predicted octanol–water partition coefficient (Wildman–Crippen LogP) is 1.26. The number of benzene rings is 2. The average Bonchev–Trinajstić information content (AvgIpc) is 1.56. The summed E-state index contributed by atoms with van der Waals surface area (Å²) in [7, 11) is -1.65. The van der Waals surface area contributed by atoms with Crippen LogP contribution in [0.1, 0.15) is 109 Å². The fourth-order valence-corrected chi connectivity index (χ4v) is 16.8. The van der Waals surface area contributed by atoms with Gasteiger partial charge in [-0.05, 0) is 72.6 Å². The molecule has 41 heteroatoms. The van der Waals surface area contributed by atoms with E-state index in [1.54, 1.807) is 0 Å². The zero-order chi connectivity index (χ0) is 85.3. The molecule has 2 aromatic carbocycles. The lowest BCUT2D eigenvalue weighted by Crippen LogP contribution is -2.68. The molecule has 2 aromatic rings. The molecule has 111 heavy (non-hydrogen) atoms. The molecule has 11 saturated heterocycles. The number of phenolic OH excluding ortho intramolecular Hbond substituents is 3. The van der Waals surface area contributed by atoms with Gasteiger partial charge in [0.05, 0.1) is 88.2 Å². The number of phenols is 3. The van der Waals surface area contributed by atoms with Crippen LogP contribution >= 0.6 is 23.2 Å².